The first kappa shape index (κ1) is 25.0. The summed E-state index contributed by atoms with van der Waals surface area (Å²) in [7, 11) is 0. The maximum Gasteiger partial charge on any atom is 0.573 e. The minimum Gasteiger partial charge on any atom is -0.406 e. The van der Waals surface area contributed by atoms with E-state index in [1.54, 1.807) is 9.80 Å². The molecule has 0 bridgehead atoms. The summed E-state index contributed by atoms with van der Waals surface area (Å²) in [4.78, 5) is 28.7. The maximum absolute atomic E-state index is 12.9. The van der Waals surface area contributed by atoms with Gasteiger partial charge in [-0.2, -0.15) is 0 Å². The highest BCUT2D eigenvalue weighted by molar-refractivity contribution is 5.95. The van der Waals surface area contributed by atoms with Crippen LogP contribution in [-0.4, -0.2) is 59.2 Å². The molecule has 1 atom stereocenters. The molecule has 6 nitrogen and oxygen atoms in total. The zero-order valence-corrected chi connectivity index (χ0v) is 17.6. The van der Waals surface area contributed by atoms with Gasteiger partial charge in [0.1, 0.15) is 5.75 Å². The molecule has 1 saturated heterocycles. The first-order valence-electron chi connectivity index (χ1n) is 9.04. The molecule has 2 rings (SSSR count). The van der Waals surface area contributed by atoms with Gasteiger partial charge in [0.25, 0.3) is 5.91 Å². The van der Waals surface area contributed by atoms with E-state index in [0.717, 1.165) is 12.1 Å². The average Bonchev–Trinajstić information content (AvgIpc) is 2.58. The van der Waals surface area contributed by atoms with Gasteiger partial charge in [0.05, 0.1) is 11.6 Å². The van der Waals surface area contributed by atoms with Crippen molar-refractivity contribution in [2.75, 3.05) is 19.6 Å². The van der Waals surface area contributed by atoms with E-state index in [1.165, 1.54) is 12.1 Å². The zero-order valence-electron chi connectivity index (χ0n) is 16.8. The Kier molecular flexibility index (Phi) is 7.95. The average molecular weight is 438 g/mol. The fourth-order valence-corrected chi connectivity index (χ4v) is 3.17. The Bertz CT molecular complexity index is 724. The van der Waals surface area contributed by atoms with E-state index in [2.05, 4.69) is 4.74 Å². The van der Waals surface area contributed by atoms with E-state index in [-0.39, 0.29) is 41.5 Å². The zero-order chi connectivity index (χ0) is 21.3. The molecule has 0 saturated carbocycles. The van der Waals surface area contributed by atoms with Crippen LogP contribution in [0.1, 0.15) is 38.1 Å². The fourth-order valence-electron chi connectivity index (χ4n) is 3.17. The summed E-state index contributed by atoms with van der Waals surface area (Å²) in [5.41, 5.74) is 5.56. The van der Waals surface area contributed by atoms with Crippen LogP contribution in [0.3, 0.4) is 0 Å². The summed E-state index contributed by atoms with van der Waals surface area (Å²) in [6.45, 7) is 8.41. The van der Waals surface area contributed by atoms with Crippen LogP contribution in [0, 0.1) is 5.92 Å². The normalized spacial score (nSPS) is 17.6. The van der Waals surface area contributed by atoms with E-state index in [9.17, 15) is 22.8 Å². The molecule has 29 heavy (non-hydrogen) atoms. The van der Waals surface area contributed by atoms with Crippen LogP contribution < -0.4 is 10.5 Å². The van der Waals surface area contributed by atoms with Crippen molar-refractivity contribution >= 4 is 24.2 Å². The lowest BCUT2D eigenvalue weighted by molar-refractivity contribution is -0.274. The predicted molar refractivity (Wildman–Crippen MR) is 105 cm³/mol. The van der Waals surface area contributed by atoms with Crippen LogP contribution in [0.15, 0.2) is 24.3 Å². The number of halogens is 4. The number of piperazine rings is 1. The minimum absolute atomic E-state index is 0. The number of hydrogen-bond acceptors (Lipinski definition) is 4. The standard InChI is InChI=1S/C19H26F3N3O3.ClH/c1-12(2)15(23)17(27)24-9-10-25(18(3,4)11-24)16(26)13-5-7-14(8-6-13)28-19(20,21)22;/h5-8,12,15H,9-11,23H2,1-4H3;1H/t15-;/m0./s1. The van der Waals surface area contributed by atoms with Crippen LogP contribution in [0.25, 0.3) is 0 Å². The number of nitrogens with zero attached hydrogens (tertiary/aromatic N) is 2. The molecule has 0 aliphatic carbocycles. The number of alkyl halides is 3. The predicted octanol–water partition coefficient (Wildman–Crippen LogP) is 3.05. The second-order valence-electron chi connectivity index (χ2n) is 7.87. The smallest absolute Gasteiger partial charge is 0.406 e. The third kappa shape index (κ3) is 6.24. The van der Waals surface area contributed by atoms with Gasteiger partial charge in [0.15, 0.2) is 0 Å². The van der Waals surface area contributed by atoms with Gasteiger partial charge in [-0.1, -0.05) is 13.8 Å². The van der Waals surface area contributed by atoms with Crippen molar-refractivity contribution in [1.29, 1.82) is 0 Å². The molecule has 2 N–H and O–H groups in total. The summed E-state index contributed by atoms with van der Waals surface area (Å²) in [6.07, 6.45) is -4.78. The summed E-state index contributed by atoms with van der Waals surface area (Å²) >= 11 is 0. The molecule has 0 aromatic heterocycles. The van der Waals surface area contributed by atoms with Crippen LogP contribution in [0.2, 0.25) is 0 Å². The Labute approximate surface area is 174 Å². The lowest BCUT2D eigenvalue weighted by Gasteiger charge is -2.47. The van der Waals surface area contributed by atoms with Crippen molar-refractivity contribution in [3.63, 3.8) is 0 Å². The molecule has 0 unspecified atom stereocenters. The largest absolute Gasteiger partial charge is 0.573 e. The quantitative estimate of drug-likeness (QED) is 0.785. The van der Waals surface area contributed by atoms with E-state index in [0.29, 0.717) is 19.6 Å². The molecular formula is C19H27ClF3N3O3. The summed E-state index contributed by atoms with van der Waals surface area (Å²) in [5.74, 6) is -0.846. The van der Waals surface area contributed by atoms with Gasteiger partial charge >= 0.3 is 6.36 Å². The van der Waals surface area contributed by atoms with Crippen molar-refractivity contribution in [3.8, 4) is 5.75 Å². The van der Waals surface area contributed by atoms with Crippen molar-refractivity contribution in [2.24, 2.45) is 11.7 Å². The number of carbonyl (C=O) groups excluding carboxylic acids is 2. The molecule has 1 fully saturated rings. The third-order valence-electron chi connectivity index (χ3n) is 4.80. The number of amides is 2. The number of rotatable bonds is 4. The number of benzene rings is 1. The van der Waals surface area contributed by atoms with Crippen LogP contribution in [-0.2, 0) is 4.79 Å². The fraction of sp³-hybridized carbons (Fsp3) is 0.579. The molecule has 1 aliphatic rings. The molecule has 1 aromatic carbocycles. The number of carbonyl (C=O) groups is 2. The molecular weight excluding hydrogens is 411 g/mol. The Morgan fingerprint density at radius 2 is 1.69 bits per heavy atom. The number of nitrogens with two attached hydrogens (primary N) is 1. The molecule has 1 heterocycles. The number of ether oxygens (including phenoxy) is 1. The molecule has 0 radical (unpaired) electrons. The molecule has 2 amide bonds. The van der Waals surface area contributed by atoms with Crippen molar-refractivity contribution in [2.45, 2.75) is 45.6 Å². The Hall–Kier alpha value is -2.00. The van der Waals surface area contributed by atoms with Gasteiger partial charge in [0, 0.05) is 25.2 Å². The Morgan fingerprint density at radius 3 is 2.14 bits per heavy atom. The van der Waals surface area contributed by atoms with E-state index in [1.807, 2.05) is 27.7 Å². The van der Waals surface area contributed by atoms with Gasteiger partial charge in [-0.05, 0) is 44.0 Å². The number of hydrogen-bond donors (Lipinski definition) is 1. The Balaban J connectivity index is 0.00000420. The van der Waals surface area contributed by atoms with Gasteiger partial charge in [-0.3, -0.25) is 9.59 Å². The van der Waals surface area contributed by atoms with Gasteiger partial charge in [-0.15, -0.1) is 25.6 Å². The molecule has 10 heteroatoms. The maximum atomic E-state index is 12.9. The highest BCUT2D eigenvalue weighted by Gasteiger charge is 2.40. The van der Waals surface area contributed by atoms with Crippen molar-refractivity contribution < 1.29 is 27.5 Å². The Morgan fingerprint density at radius 1 is 1.14 bits per heavy atom. The first-order chi connectivity index (χ1) is 12.8. The topological polar surface area (TPSA) is 75.9 Å². The van der Waals surface area contributed by atoms with Crippen LogP contribution in [0.5, 0.6) is 5.75 Å². The van der Waals surface area contributed by atoms with E-state index in [4.69, 9.17) is 5.73 Å². The molecule has 0 spiro atoms. The highest BCUT2D eigenvalue weighted by atomic mass is 35.5. The summed E-state index contributed by atoms with van der Waals surface area (Å²) in [5, 5.41) is 0. The summed E-state index contributed by atoms with van der Waals surface area (Å²) in [6, 6.07) is 4.21. The lowest BCUT2D eigenvalue weighted by Crippen LogP contribution is -2.64. The lowest BCUT2D eigenvalue weighted by atomic mass is 9.95. The summed E-state index contributed by atoms with van der Waals surface area (Å²) < 4.78 is 40.6. The minimum atomic E-state index is -4.78. The van der Waals surface area contributed by atoms with E-state index < -0.39 is 17.9 Å². The second-order valence-corrected chi connectivity index (χ2v) is 7.87. The second kappa shape index (κ2) is 9.21. The molecule has 164 valence electrons. The van der Waals surface area contributed by atoms with Crippen molar-refractivity contribution in [1.82, 2.24) is 9.80 Å². The third-order valence-corrected chi connectivity index (χ3v) is 4.80. The van der Waals surface area contributed by atoms with Gasteiger partial charge in [0.2, 0.25) is 5.91 Å². The highest BCUT2D eigenvalue weighted by Crippen LogP contribution is 2.26. The SMILES string of the molecule is CC(C)[C@H](N)C(=O)N1CCN(C(=O)c2ccc(OC(F)(F)F)cc2)C(C)(C)C1.Cl. The van der Waals surface area contributed by atoms with Crippen LogP contribution in [0.4, 0.5) is 13.2 Å². The van der Waals surface area contributed by atoms with Gasteiger partial charge in [-0.25, -0.2) is 0 Å². The first-order valence-corrected chi connectivity index (χ1v) is 9.04. The molecule has 1 aliphatic heterocycles. The van der Waals surface area contributed by atoms with Gasteiger partial charge < -0.3 is 20.3 Å². The van der Waals surface area contributed by atoms with Crippen molar-refractivity contribution in [3.05, 3.63) is 29.8 Å². The van der Waals surface area contributed by atoms with Crippen LogP contribution >= 0.6 is 12.4 Å². The monoisotopic (exact) mass is 437 g/mol. The molecule has 1 aromatic rings. The van der Waals surface area contributed by atoms with E-state index >= 15 is 0 Å².